The number of ether oxygens (including phenoxy) is 2. The zero-order chi connectivity index (χ0) is 18.5. The number of thioether (sulfide) groups is 1. The molecule has 7 heteroatoms. The van der Waals surface area contributed by atoms with E-state index in [-0.39, 0.29) is 0 Å². The Kier molecular flexibility index (Phi) is 5.79. The van der Waals surface area contributed by atoms with Crippen LogP contribution in [0.4, 0.5) is 0 Å². The van der Waals surface area contributed by atoms with Crippen molar-refractivity contribution in [3.05, 3.63) is 48.4 Å². The second kappa shape index (κ2) is 8.63. The first-order valence-electron chi connectivity index (χ1n) is 9.18. The van der Waals surface area contributed by atoms with E-state index in [0.717, 1.165) is 53.3 Å². The fourth-order valence-corrected chi connectivity index (χ4v) is 4.16. The highest BCUT2D eigenvalue weighted by molar-refractivity contribution is 7.99. The molecule has 0 aliphatic carbocycles. The number of nitrogens with zero attached hydrogens (tertiary/aromatic N) is 3. The largest absolute Gasteiger partial charge is 0.497 e. The highest BCUT2D eigenvalue weighted by Crippen LogP contribution is 2.28. The number of rotatable bonds is 7. The Morgan fingerprint density at radius 1 is 1.19 bits per heavy atom. The summed E-state index contributed by atoms with van der Waals surface area (Å²) in [7, 11) is 1.66. The van der Waals surface area contributed by atoms with Gasteiger partial charge in [-0.25, -0.2) is 0 Å². The third-order valence-corrected chi connectivity index (χ3v) is 5.73. The molecule has 1 unspecified atom stereocenters. The summed E-state index contributed by atoms with van der Waals surface area (Å²) in [6, 6.07) is 11.7. The molecule has 0 spiro atoms. The molecule has 1 aromatic carbocycles. The second-order valence-electron chi connectivity index (χ2n) is 6.50. The SMILES string of the molecule is COc1ccc(-c2nnc(SCC3CCCCO3)n2Cc2ccco2)cc1. The Hall–Kier alpha value is -2.25. The van der Waals surface area contributed by atoms with Crippen molar-refractivity contribution in [2.24, 2.45) is 0 Å². The minimum atomic E-state index is 0.293. The highest BCUT2D eigenvalue weighted by Gasteiger charge is 2.19. The van der Waals surface area contributed by atoms with Crippen LogP contribution in [0.25, 0.3) is 11.4 Å². The van der Waals surface area contributed by atoms with Crippen molar-refractivity contribution in [2.75, 3.05) is 19.5 Å². The van der Waals surface area contributed by atoms with E-state index >= 15 is 0 Å². The summed E-state index contributed by atoms with van der Waals surface area (Å²) in [6.07, 6.45) is 5.50. The number of methoxy groups -OCH3 is 1. The lowest BCUT2D eigenvalue weighted by Gasteiger charge is -2.21. The average molecular weight is 385 g/mol. The van der Waals surface area contributed by atoms with Crippen LogP contribution in [0.2, 0.25) is 0 Å². The van der Waals surface area contributed by atoms with Crippen LogP contribution < -0.4 is 4.74 Å². The van der Waals surface area contributed by atoms with E-state index in [4.69, 9.17) is 13.9 Å². The first-order chi connectivity index (χ1) is 13.3. The van der Waals surface area contributed by atoms with E-state index in [2.05, 4.69) is 14.8 Å². The van der Waals surface area contributed by atoms with Gasteiger partial charge in [0.15, 0.2) is 11.0 Å². The second-order valence-corrected chi connectivity index (χ2v) is 7.49. The average Bonchev–Trinajstić information content (AvgIpc) is 3.38. The zero-order valence-electron chi connectivity index (χ0n) is 15.3. The van der Waals surface area contributed by atoms with Gasteiger partial charge in [0.1, 0.15) is 11.5 Å². The van der Waals surface area contributed by atoms with Crippen molar-refractivity contribution in [2.45, 2.75) is 37.1 Å². The summed E-state index contributed by atoms with van der Waals surface area (Å²) in [4.78, 5) is 0. The van der Waals surface area contributed by atoms with Gasteiger partial charge in [-0.2, -0.15) is 0 Å². The van der Waals surface area contributed by atoms with Crippen molar-refractivity contribution in [3.8, 4) is 17.1 Å². The Morgan fingerprint density at radius 2 is 2.07 bits per heavy atom. The lowest BCUT2D eigenvalue weighted by Crippen LogP contribution is -2.21. The minimum Gasteiger partial charge on any atom is -0.497 e. The van der Waals surface area contributed by atoms with E-state index in [1.807, 2.05) is 36.4 Å². The van der Waals surface area contributed by atoms with Gasteiger partial charge in [0.2, 0.25) is 0 Å². The summed E-state index contributed by atoms with van der Waals surface area (Å²) >= 11 is 1.70. The van der Waals surface area contributed by atoms with Gasteiger partial charge in [-0.1, -0.05) is 11.8 Å². The van der Waals surface area contributed by atoms with Gasteiger partial charge in [0.05, 0.1) is 26.0 Å². The Labute approximate surface area is 162 Å². The van der Waals surface area contributed by atoms with E-state index in [1.54, 1.807) is 25.1 Å². The molecular formula is C20H23N3O3S. The first kappa shape index (κ1) is 18.1. The zero-order valence-corrected chi connectivity index (χ0v) is 16.2. The topological polar surface area (TPSA) is 62.3 Å². The smallest absolute Gasteiger partial charge is 0.192 e. The van der Waals surface area contributed by atoms with Gasteiger partial charge in [-0.05, 0) is 55.7 Å². The van der Waals surface area contributed by atoms with Crippen molar-refractivity contribution >= 4 is 11.8 Å². The monoisotopic (exact) mass is 385 g/mol. The van der Waals surface area contributed by atoms with Crippen LogP contribution in [-0.4, -0.2) is 40.3 Å². The van der Waals surface area contributed by atoms with E-state index < -0.39 is 0 Å². The van der Waals surface area contributed by atoms with E-state index in [1.165, 1.54) is 6.42 Å². The molecule has 6 nitrogen and oxygen atoms in total. The summed E-state index contributed by atoms with van der Waals surface area (Å²) < 4.78 is 18.8. The maximum atomic E-state index is 5.85. The fourth-order valence-electron chi connectivity index (χ4n) is 3.16. The predicted molar refractivity (Wildman–Crippen MR) is 104 cm³/mol. The van der Waals surface area contributed by atoms with Crippen LogP contribution in [0.5, 0.6) is 5.75 Å². The summed E-state index contributed by atoms with van der Waals surface area (Å²) in [5.41, 5.74) is 0.996. The van der Waals surface area contributed by atoms with E-state index in [0.29, 0.717) is 12.6 Å². The van der Waals surface area contributed by atoms with Crippen molar-refractivity contribution in [1.82, 2.24) is 14.8 Å². The summed E-state index contributed by atoms with van der Waals surface area (Å²) in [6.45, 7) is 1.45. The molecule has 1 atom stereocenters. The standard InChI is InChI=1S/C20H23N3O3S/c1-24-16-9-7-15(8-10-16)19-21-22-20(23(19)13-17-6-4-12-25-17)27-14-18-5-2-3-11-26-18/h4,6-10,12,18H,2-3,5,11,13-14H2,1H3. The first-order valence-corrected chi connectivity index (χ1v) is 10.2. The maximum Gasteiger partial charge on any atom is 0.192 e. The third kappa shape index (κ3) is 4.36. The molecule has 142 valence electrons. The molecule has 27 heavy (non-hydrogen) atoms. The molecule has 1 fully saturated rings. The number of benzene rings is 1. The normalized spacial score (nSPS) is 17.1. The van der Waals surface area contributed by atoms with Gasteiger partial charge in [-0.15, -0.1) is 10.2 Å². The molecule has 2 aromatic heterocycles. The molecule has 0 saturated carbocycles. The molecule has 1 saturated heterocycles. The van der Waals surface area contributed by atoms with Gasteiger partial charge < -0.3 is 13.9 Å². The van der Waals surface area contributed by atoms with Crippen LogP contribution in [0.15, 0.2) is 52.2 Å². The molecular weight excluding hydrogens is 362 g/mol. The minimum absolute atomic E-state index is 0.293. The van der Waals surface area contributed by atoms with Gasteiger partial charge >= 0.3 is 0 Å². The maximum absolute atomic E-state index is 5.85. The van der Waals surface area contributed by atoms with Crippen LogP contribution in [0.1, 0.15) is 25.0 Å². The Balaban J connectivity index is 1.58. The van der Waals surface area contributed by atoms with Crippen LogP contribution in [0.3, 0.4) is 0 Å². The molecule has 4 rings (SSSR count). The Bertz CT molecular complexity index is 840. The molecule has 0 amide bonds. The lowest BCUT2D eigenvalue weighted by atomic mass is 10.1. The van der Waals surface area contributed by atoms with Crippen LogP contribution >= 0.6 is 11.8 Å². The fraction of sp³-hybridized carbons (Fsp3) is 0.400. The molecule has 0 bridgehead atoms. The summed E-state index contributed by atoms with van der Waals surface area (Å²) in [5, 5.41) is 9.78. The van der Waals surface area contributed by atoms with E-state index in [9.17, 15) is 0 Å². The van der Waals surface area contributed by atoms with Crippen molar-refractivity contribution in [3.63, 3.8) is 0 Å². The molecule has 3 aromatic rings. The quantitative estimate of drug-likeness (QED) is 0.567. The lowest BCUT2D eigenvalue weighted by molar-refractivity contribution is 0.0315. The predicted octanol–water partition coefficient (Wildman–Crippen LogP) is 4.26. The highest BCUT2D eigenvalue weighted by atomic mass is 32.2. The van der Waals surface area contributed by atoms with Crippen LogP contribution in [-0.2, 0) is 11.3 Å². The van der Waals surface area contributed by atoms with Crippen molar-refractivity contribution < 1.29 is 13.9 Å². The molecule has 0 radical (unpaired) electrons. The number of furan rings is 1. The number of hydrogen-bond donors (Lipinski definition) is 0. The molecule has 1 aliphatic rings. The summed E-state index contributed by atoms with van der Waals surface area (Å²) in [5.74, 6) is 3.40. The van der Waals surface area contributed by atoms with Gasteiger partial charge in [-0.3, -0.25) is 4.57 Å². The van der Waals surface area contributed by atoms with Crippen LogP contribution in [0, 0.1) is 0 Å². The number of hydrogen-bond acceptors (Lipinski definition) is 6. The van der Waals surface area contributed by atoms with Gasteiger partial charge in [0, 0.05) is 17.9 Å². The Morgan fingerprint density at radius 3 is 2.78 bits per heavy atom. The van der Waals surface area contributed by atoms with Gasteiger partial charge in [0.25, 0.3) is 0 Å². The molecule has 3 heterocycles. The molecule has 0 N–H and O–H groups in total. The van der Waals surface area contributed by atoms with Crippen molar-refractivity contribution in [1.29, 1.82) is 0 Å². The molecule has 1 aliphatic heterocycles. The number of aromatic nitrogens is 3. The third-order valence-electron chi connectivity index (χ3n) is 4.63.